The number of carbonyl (C=O) groups is 1. The van der Waals surface area contributed by atoms with Crippen LogP contribution >= 0.6 is 12.4 Å². The van der Waals surface area contributed by atoms with Crippen LogP contribution in [-0.4, -0.2) is 26.1 Å². The number of methoxy groups -OCH3 is 1. The van der Waals surface area contributed by atoms with Gasteiger partial charge in [0, 0.05) is 18.5 Å². The lowest BCUT2D eigenvalue weighted by molar-refractivity contribution is -0.122. The third-order valence-corrected chi connectivity index (χ3v) is 4.32. The molecule has 0 spiro atoms. The Morgan fingerprint density at radius 3 is 2.91 bits per heavy atom. The fourth-order valence-corrected chi connectivity index (χ4v) is 2.94. The standard InChI is InChI=1S/C17H26N2O2.ClH/c1-13(14-7-5-9-18-11-14)10-17(20)19-12-15-6-3-4-8-16(15)21-2;/h3-4,6,8,13-14,18H,5,7,9-12H2,1-2H3,(H,19,20);1H. The van der Waals surface area contributed by atoms with E-state index in [-0.39, 0.29) is 18.3 Å². The molecule has 1 aliphatic heterocycles. The summed E-state index contributed by atoms with van der Waals surface area (Å²) >= 11 is 0. The molecule has 124 valence electrons. The lowest BCUT2D eigenvalue weighted by Gasteiger charge is -2.28. The van der Waals surface area contributed by atoms with Crippen molar-refractivity contribution in [3.05, 3.63) is 29.8 Å². The van der Waals surface area contributed by atoms with Crippen LogP contribution in [0.15, 0.2) is 24.3 Å². The van der Waals surface area contributed by atoms with Crippen LogP contribution in [0, 0.1) is 11.8 Å². The summed E-state index contributed by atoms with van der Waals surface area (Å²) in [4.78, 5) is 12.1. The Balaban J connectivity index is 0.00000242. The minimum absolute atomic E-state index is 0. The van der Waals surface area contributed by atoms with E-state index in [2.05, 4.69) is 17.6 Å². The maximum atomic E-state index is 12.1. The molecular weight excluding hydrogens is 300 g/mol. The van der Waals surface area contributed by atoms with E-state index in [1.54, 1.807) is 7.11 Å². The molecule has 1 saturated heterocycles. The van der Waals surface area contributed by atoms with Gasteiger partial charge in [-0.3, -0.25) is 4.79 Å². The molecule has 1 amide bonds. The highest BCUT2D eigenvalue weighted by Gasteiger charge is 2.21. The van der Waals surface area contributed by atoms with E-state index in [0.29, 0.717) is 24.8 Å². The van der Waals surface area contributed by atoms with Crippen molar-refractivity contribution in [3.63, 3.8) is 0 Å². The maximum Gasteiger partial charge on any atom is 0.220 e. The Hall–Kier alpha value is -1.26. The van der Waals surface area contributed by atoms with Gasteiger partial charge in [0.05, 0.1) is 7.11 Å². The monoisotopic (exact) mass is 326 g/mol. The van der Waals surface area contributed by atoms with Gasteiger partial charge in [-0.05, 0) is 43.8 Å². The van der Waals surface area contributed by atoms with Crippen LogP contribution < -0.4 is 15.4 Å². The van der Waals surface area contributed by atoms with E-state index in [0.717, 1.165) is 24.4 Å². The number of piperidine rings is 1. The highest BCUT2D eigenvalue weighted by molar-refractivity contribution is 5.85. The average molecular weight is 327 g/mol. The molecule has 0 bridgehead atoms. The Labute approximate surface area is 139 Å². The van der Waals surface area contributed by atoms with Crippen molar-refractivity contribution < 1.29 is 9.53 Å². The van der Waals surface area contributed by atoms with Crippen LogP contribution in [0.5, 0.6) is 5.75 Å². The third-order valence-electron chi connectivity index (χ3n) is 4.32. The summed E-state index contributed by atoms with van der Waals surface area (Å²) in [5.41, 5.74) is 1.01. The van der Waals surface area contributed by atoms with E-state index in [1.165, 1.54) is 12.8 Å². The van der Waals surface area contributed by atoms with Crippen LogP contribution in [0.25, 0.3) is 0 Å². The first-order chi connectivity index (χ1) is 10.2. The molecule has 0 saturated carbocycles. The van der Waals surface area contributed by atoms with Gasteiger partial charge in [-0.1, -0.05) is 25.1 Å². The summed E-state index contributed by atoms with van der Waals surface area (Å²) < 4.78 is 5.29. The van der Waals surface area contributed by atoms with E-state index in [4.69, 9.17) is 4.74 Å². The van der Waals surface area contributed by atoms with Crippen molar-refractivity contribution in [3.8, 4) is 5.75 Å². The average Bonchev–Trinajstić information content (AvgIpc) is 2.54. The number of para-hydroxylation sites is 1. The molecule has 0 aliphatic carbocycles. The molecule has 1 fully saturated rings. The van der Waals surface area contributed by atoms with Crippen LogP contribution in [0.3, 0.4) is 0 Å². The van der Waals surface area contributed by atoms with Gasteiger partial charge in [0.25, 0.3) is 0 Å². The predicted molar refractivity (Wildman–Crippen MR) is 91.5 cm³/mol. The van der Waals surface area contributed by atoms with Crippen LogP contribution in [-0.2, 0) is 11.3 Å². The number of hydrogen-bond donors (Lipinski definition) is 2. The van der Waals surface area contributed by atoms with Crippen molar-refractivity contribution in [2.24, 2.45) is 11.8 Å². The van der Waals surface area contributed by atoms with Gasteiger partial charge in [0.1, 0.15) is 5.75 Å². The summed E-state index contributed by atoms with van der Waals surface area (Å²) in [5.74, 6) is 1.99. The molecule has 2 N–H and O–H groups in total. The zero-order chi connectivity index (χ0) is 15.1. The maximum absolute atomic E-state index is 12.1. The van der Waals surface area contributed by atoms with Crippen LogP contribution in [0.2, 0.25) is 0 Å². The van der Waals surface area contributed by atoms with Crippen molar-refractivity contribution in [1.29, 1.82) is 0 Å². The minimum atomic E-state index is 0. The second kappa shape index (κ2) is 9.70. The first-order valence-electron chi connectivity index (χ1n) is 7.80. The van der Waals surface area contributed by atoms with Crippen molar-refractivity contribution in [2.75, 3.05) is 20.2 Å². The molecule has 22 heavy (non-hydrogen) atoms. The highest BCUT2D eigenvalue weighted by Crippen LogP contribution is 2.22. The molecule has 2 rings (SSSR count). The fourth-order valence-electron chi connectivity index (χ4n) is 2.94. The third kappa shape index (κ3) is 5.50. The molecule has 5 heteroatoms. The van der Waals surface area contributed by atoms with E-state index in [9.17, 15) is 4.79 Å². The molecule has 0 radical (unpaired) electrons. The topological polar surface area (TPSA) is 50.4 Å². The van der Waals surface area contributed by atoms with Gasteiger partial charge in [0.2, 0.25) is 5.91 Å². The molecular formula is C17H27ClN2O2. The molecule has 1 aromatic rings. The number of hydrogen-bond acceptors (Lipinski definition) is 3. The predicted octanol–water partition coefficient (Wildman–Crippen LogP) is 2.76. The number of carbonyl (C=O) groups excluding carboxylic acids is 1. The summed E-state index contributed by atoms with van der Waals surface area (Å²) in [6.45, 7) is 4.86. The van der Waals surface area contributed by atoms with Crippen molar-refractivity contribution in [1.82, 2.24) is 10.6 Å². The fraction of sp³-hybridized carbons (Fsp3) is 0.588. The Kier molecular flexibility index (Phi) is 8.28. The second-order valence-corrected chi connectivity index (χ2v) is 5.88. The smallest absolute Gasteiger partial charge is 0.220 e. The zero-order valence-electron chi connectivity index (χ0n) is 13.4. The minimum Gasteiger partial charge on any atom is -0.496 e. The summed E-state index contributed by atoms with van der Waals surface area (Å²) in [5, 5.41) is 6.42. The van der Waals surface area contributed by atoms with E-state index < -0.39 is 0 Å². The van der Waals surface area contributed by atoms with Crippen molar-refractivity contribution >= 4 is 18.3 Å². The molecule has 2 atom stereocenters. The number of rotatable bonds is 6. The summed E-state index contributed by atoms with van der Waals surface area (Å²) in [6, 6.07) is 7.79. The number of amides is 1. The summed E-state index contributed by atoms with van der Waals surface area (Å²) in [7, 11) is 1.65. The SMILES string of the molecule is COc1ccccc1CNC(=O)CC(C)C1CCCNC1.Cl. The number of benzene rings is 1. The highest BCUT2D eigenvalue weighted by atomic mass is 35.5. The van der Waals surface area contributed by atoms with E-state index in [1.807, 2.05) is 24.3 Å². The van der Waals surface area contributed by atoms with Crippen LogP contribution in [0.4, 0.5) is 0 Å². The first kappa shape index (κ1) is 18.8. The van der Waals surface area contributed by atoms with E-state index >= 15 is 0 Å². The van der Waals surface area contributed by atoms with Crippen molar-refractivity contribution in [2.45, 2.75) is 32.7 Å². The van der Waals surface area contributed by atoms with Gasteiger partial charge in [-0.2, -0.15) is 0 Å². The first-order valence-corrected chi connectivity index (χ1v) is 7.80. The van der Waals surface area contributed by atoms with Crippen LogP contribution in [0.1, 0.15) is 31.7 Å². The number of ether oxygens (including phenoxy) is 1. The lowest BCUT2D eigenvalue weighted by atomic mass is 9.85. The second-order valence-electron chi connectivity index (χ2n) is 5.88. The van der Waals surface area contributed by atoms with Gasteiger partial charge in [-0.15, -0.1) is 12.4 Å². The molecule has 1 heterocycles. The quantitative estimate of drug-likeness (QED) is 0.845. The van der Waals surface area contributed by atoms with Gasteiger partial charge in [0.15, 0.2) is 0 Å². The number of nitrogens with one attached hydrogen (secondary N) is 2. The molecule has 4 nitrogen and oxygen atoms in total. The number of halogens is 1. The summed E-state index contributed by atoms with van der Waals surface area (Å²) in [6.07, 6.45) is 3.05. The Bertz CT molecular complexity index is 462. The Morgan fingerprint density at radius 1 is 1.45 bits per heavy atom. The normalized spacial score (nSPS) is 18.9. The van der Waals surface area contributed by atoms with Gasteiger partial charge >= 0.3 is 0 Å². The Morgan fingerprint density at radius 2 is 2.23 bits per heavy atom. The zero-order valence-corrected chi connectivity index (χ0v) is 14.2. The molecule has 0 aromatic heterocycles. The molecule has 1 aliphatic rings. The molecule has 2 unspecified atom stereocenters. The molecule has 1 aromatic carbocycles. The lowest BCUT2D eigenvalue weighted by Crippen LogP contribution is -2.35. The van der Waals surface area contributed by atoms with Gasteiger partial charge < -0.3 is 15.4 Å². The largest absolute Gasteiger partial charge is 0.496 e. The van der Waals surface area contributed by atoms with Gasteiger partial charge in [-0.25, -0.2) is 0 Å².